The van der Waals surface area contributed by atoms with Crippen LogP contribution in [0.4, 0.5) is 5.69 Å². The van der Waals surface area contributed by atoms with E-state index < -0.39 is 11.8 Å². The first-order chi connectivity index (χ1) is 14.6. The summed E-state index contributed by atoms with van der Waals surface area (Å²) in [6.07, 6.45) is 4.94. The normalized spacial score (nSPS) is 12.9. The summed E-state index contributed by atoms with van der Waals surface area (Å²) in [7, 11) is 0. The summed E-state index contributed by atoms with van der Waals surface area (Å²) in [6.45, 7) is 3.16. The Hall–Kier alpha value is -3.81. The number of anilines is 1. The SMILES string of the molecule is CCCCNC(=O)c1ccc2c(c1)C(=O)N(c1ccc(Cn3cncn3)cc1)C2=O. The number of amides is 3. The van der Waals surface area contributed by atoms with Crippen LogP contribution in [0.1, 0.15) is 56.4 Å². The van der Waals surface area contributed by atoms with Crippen LogP contribution in [0.2, 0.25) is 0 Å². The summed E-state index contributed by atoms with van der Waals surface area (Å²) in [6, 6.07) is 11.8. The first-order valence-corrected chi connectivity index (χ1v) is 9.81. The van der Waals surface area contributed by atoms with Gasteiger partial charge in [-0.1, -0.05) is 25.5 Å². The molecule has 0 saturated heterocycles. The summed E-state index contributed by atoms with van der Waals surface area (Å²) in [5.74, 6) is -1.07. The highest BCUT2D eigenvalue weighted by Gasteiger charge is 2.37. The van der Waals surface area contributed by atoms with Crippen molar-refractivity contribution in [3.05, 3.63) is 77.4 Å². The maximum absolute atomic E-state index is 12.9. The number of hydrogen-bond acceptors (Lipinski definition) is 5. The van der Waals surface area contributed by atoms with Crippen LogP contribution in [-0.4, -0.2) is 39.0 Å². The maximum Gasteiger partial charge on any atom is 0.266 e. The Kier molecular flexibility index (Phi) is 5.38. The third-order valence-corrected chi connectivity index (χ3v) is 4.97. The van der Waals surface area contributed by atoms with Crippen LogP contribution in [0.15, 0.2) is 55.1 Å². The van der Waals surface area contributed by atoms with Gasteiger partial charge in [0.25, 0.3) is 17.7 Å². The molecule has 0 aliphatic carbocycles. The van der Waals surface area contributed by atoms with Gasteiger partial charge in [0.05, 0.1) is 23.4 Å². The molecule has 1 N–H and O–H groups in total. The molecule has 2 aromatic carbocycles. The Balaban J connectivity index is 1.53. The highest BCUT2D eigenvalue weighted by molar-refractivity contribution is 6.34. The van der Waals surface area contributed by atoms with E-state index >= 15 is 0 Å². The minimum Gasteiger partial charge on any atom is -0.352 e. The fraction of sp³-hybridized carbons (Fsp3) is 0.227. The van der Waals surface area contributed by atoms with Gasteiger partial charge in [0.2, 0.25) is 0 Å². The molecular formula is C22H21N5O3. The molecule has 0 radical (unpaired) electrons. The lowest BCUT2D eigenvalue weighted by molar-refractivity contribution is 0.0923. The second-order valence-corrected chi connectivity index (χ2v) is 7.08. The van der Waals surface area contributed by atoms with Crippen molar-refractivity contribution in [3.8, 4) is 0 Å². The lowest BCUT2D eigenvalue weighted by atomic mass is 10.1. The van der Waals surface area contributed by atoms with Crippen molar-refractivity contribution in [2.45, 2.75) is 26.3 Å². The molecular weight excluding hydrogens is 382 g/mol. The van der Waals surface area contributed by atoms with Gasteiger partial charge in [-0.25, -0.2) is 14.6 Å². The predicted molar refractivity (Wildman–Crippen MR) is 110 cm³/mol. The number of aromatic nitrogens is 3. The molecule has 4 rings (SSSR count). The van der Waals surface area contributed by atoms with Crippen LogP contribution >= 0.6 is 0 Å². The number of imide groups is 1. The number of carbonyl (C=O) groups is 3. The van der Waals surface area contributed by atoms with E-state index in [0.717, 1.165) is 23.3 Å². The first-order valence-electron chi connectivity index (χ1n) is 9.81. The fourth-order valence-electron chi connectivity index (χ4n) is 3.35. The second-order valence-electron chi connectivity index (χ2n) is 7.08. The topological polar surface area (TPSA) is 97.2 Å². The molecule has 1 aliphatic rings. The lowest BCUT2D eigenvalue weighted by Crippen LogP contribution is -2.29. The van der Waals surface area contributed by atoms with E-state index in [1.165, 1.54) is 12.4 Å². The van der Waals surface area contributed by atoms with Crippen LogP contribution in [0, 0.1) is 0 Å². The smallest absolute Gasteiger partial charge is 0.266 e. The average molecular weight is 403 g/mol. The monoisotopic (exact) mass is 403 g/mol. The molecule has 2 heterocycles. The molecule has 1 aromatic heterocycles. The Labute approximate surface area is 173 Å². The average Bonchev–Trinajstić information content (AvgIpc) is 3.35. The zero-order chi connectivity index (χ0) is 21.1. The van der Waals surface area contributed by atoms with Crippen molar-refractivity contribution >= 4 is 23.4 Å². The van der Waals surface area contributed by atoms with Crippen molar-refractivity contribution in [1.82, 2.24) is 20.1 Å². The van der Waals surface area contributed by atoms with E-state index in [9.17, 15) is 14.4 Å². The molecule has 8 nitrogen and oxygen atoms in total. The molecule has 0 spiro atoms. The molecule has 3 aromatic rings. The van der Waals surface area contributed by atoms with Crippen molar-refractivity contribution in [1.29, 1.82) is 0 Å². The summed E-state index contributed by atoms with van der Waals surface area (Å²) in [4.78, 5) is 43.1. The van der Waals surface area contributed by atoms with Crippen molar-refractivity contribution in [2.75, 3.05) is 11.4 Å². The number of unbranched alkanes of at least 4 members (excludes halogenated alkanes) is 1. The summed E-state index contributed by atoms with van der Waals surface area (Å²) in [5, 5.41) is 6.89. The summed E-state index contributed by atoms with van der Waals surface area (Å²) >= 11 is 0. The Morgan fingerprint density at radius 1 is 1.03 bits per heavy atom. The lowest BCUT2D eigenvalue weighted by Gasteiger charge is -2.14. The Bertz CT molecular complexity index is 1090. The van der Waals surface area contributed by atoms with Gasteiger partial charge in [0.1, 0.15) is 12.7 Å². The number of nitrogens with one attached hydrogen (secondary N) is 1. The molecule has 0 bridgehead atoms. The zero-order valence-corrected chi connectivity index (χ0v) is 16.5. The van der Waals surface area contributed by atoms with Gasteiger partial charge in [-0.05, 0) is 42.3 Å². The molecule has 8 heteroatoms. The van der Waals surface area contributed by atoms with Crippen LogP contribution in [0.3, 0.4) is 0 Å². The highest BCUT2D eigenvalue weighted by Crippen LogP contribution is 2.29. The molecule has 3 amide bonds. The molecule has 1 aliphatic heterocycles. The standard InChI is InChI=1S/C22H21N5O3/c1-2-3-10-24-20(28)16-6-9-18-19(11-16)22(30)27(21(18)29)17-7-4-15(5-8-17)12-26-14-23-13-25-26/h4-9,11,13-14H,2-3,10,12H2,1H3,(H,24,28). The van der Waals surface area contributed by atoms with Gasteiger partial charge in [-0.2, -0.15) is 5.10 Å². The van der Waals surface area contributed by atoms with Crippen LogP contribution in [0.5, 0.6) is 0 Å². The van der Waals surface area contributed by atoms with Gasteiger partial charge in [0.15, 0.2) is 0 Å². The van der Waals surface area contributed by atoms with Crippen molar-refractivity contribution in [2.24, 2.45) is 0 Å². The van der Waals surface area contributed by atoms with Crippen LogP contribution in [0.25, 0.3) is 0 Å². The van der Waals surface area contributed by atoms with E-state index in [4.69, 9.17) is 0 Å². The molecule has 0 atom stereocenters. The van der Waals surface area contributed by atoms with Crippen molar-refractivity contribution in [3.63, 3.8) is 0 Å². The Morgan fingerprint density at radius 2 is 1.80 bits per heavy atom. The van der Waals surface area contributed by atoms with E-state index in [1.54, 1.807) is 35.3 Å². The van der Waals surface area contributed by atoms with Crippen molar-refractivity contribution < 1.29 is 14.4 Å². The van der Waals surface area contributed by atoms with E-state index in [0.29, 0.717) is 29.9 Å². The number of carbonyl (C=O) groups excluding carboxylic acids is 3. The van der Waals surface area contributed by atoms with Gasteiger partial charge < -0.3 is 5.32 Å². The molecule has 30 heavy (non-hydrogen) atoms. The number of benzene rings is 2. The van der Waals surface area contributed by atoms with Crippen LogP contribution in [-0.2, 0) is 6.54 Å². The van der Waals surface area contributed by atoms with E-state index in [1.807, 2.05) is 19.1 Å². The second kappa shape index (κ2) is 8.28. The highest BCUT2D eigenvalue weighted by atomic mass is 16.2. The summed E-state index contributed by atoms with van der Waals surface area (Å²) in [5.41, 5.74) is 2.37. The predicted octanol–water partition coefficient (Wildman–Crippen LogP) is 2.66. The molecule has 0 saturated carbocycles. The third-order valence-electron chi connectivity index (χ3n) is 4.97. The number of fused-ring (bicyclic) bond motifs is 1. The number of hydrogen-bond donors (Lipinski definition) is 1. The molecule has 0 fully saturated rings. The molecule has 0 unspecified atom stereocenters. The quantitative estimate of drug-likeness (QED) is 0.483. The van der Waals surface area contributed by atoms with Gasteiger partial charge in [0, 0.05) is 12.1 Å². The summed E-state index contributed by atoms with van der Waals surface area (Å²) < 4.78 is 1.68. The fourth-order valence-corrected chi connectivity index (χ4v) is 3.35. The number of nitrogens with zero attached hydrogens (tertiary/aromatic N) is 4. The van der Waals surface area contributed by atoms with E-state index in [-0.39, 0.29) is 11.5 Å². The minimum absolute atomic E-state index is 0.245. The number of rotatable bonds is 7. The molecule has 152 valence electrons. The van der Waals surface area contributed by atoms with Gasteiger partial charge in [-0.15, -0.1) is 0 Å². The van der Waals surface area contributed by atoms with E-state index in [2.05, 4.69) is 15.4 Å². The maximum atomic E-state index is 12.9. The minimum atomic E-state index is -0.428. The largest absolute Gasteiger partial charge is 0.352 e. The van der Waals surface area contributed by atoms with Gasteiger partial charge >= 0.3 is 0 Å². The van der Waals surface area contributed by atoms with Gasteiger partial charge in [-0.3, -0.25) is 14.4 Å². The van der Waals surface area contributed by atoms with Crippen LogP contribution < -0.4 is 10.2 Å². The third kappa shape index (κ3) is 3.71. The first kappa shape index (κ1) is 19.5. The zero-order valence-electron chi connectivity index (χ0n) is 16.5. The Morgan fingerprint density at radius 3 is 2.50 bits per heavy atom.